The Morgan fingerprint density at radius 3 is 1.15 bits per heavy atom. The van der Waals surface area contributed by atoms with Crippen molar-refractivity contribution < 1.29 is 14.2 Å². The highest BCUT2D eigenvalue weighted by Gasteiger charge is 2.09. The molecule has 0 amide bonds. The molecule has 4 aromatic rings. The van der Waals surface area contributed by atoms with Gasteiger partial charge in [-0.25, -0.2) is 0 Å². The Hall–Kier alpha value is -4.17. The predicted octanol–water partition coefficient (Wildman–Crippen LogP) is -1.04. The Balaban J connectivity index is 1.47. The van der Waals surface area contributed by atoms with Gasteiger partial charge in [-0.15, -0.1) is 30.6 Å². The summed E-state index contributed by atoms with van der Waals surface area (Å²) in [5.41, 5.74) is 0. The van der Waals surface area contributed by atoms with Gasteiger partial charge in [0.2, 0.25) is 17.5 Å². The highest BCUT2D eigenvalue weighted by molar-refractivity contribution is 5.42. The summed E-state index contributed by atoms with van der Waals surface area (Å²) in [5, 5.41) is 40.5. The molecule has 138 valence electrons. The topological polar surface area (TPSA) is 191 Å². The lowest BCUT2D eigenvalue weighted by molar-refractivity contribution is 0.265. The van der Waals surface area contributed by atoms with Crippen LogP contribution < -0.4 is 14.2 Å². The number of hydrogen-bond acceptors (Lipinski definition) is 12. The summed E-state index contributed by atoms with van der Waals surface area (Å²) in [6.45, 7) is 0.360. The molecule has 0 fully saturated rings. The first-order valence-electron chi connectivity index (χ1n) is 7.55. The first-order valence-corrected chi connectivity index (χ1v) is 7.55. The molecule has 0 spiro atoms. The Morgan fingerprint density at radius 1 is 0.556 bits per heavy atom. The number of nitrogens with one attached hydrogen (secondary N) is 3. The van der Waals surface area contributed by atoms with E-state index in [-0.39, 0.29) is 19.8 Å². The van der Waals surface area contributed by atoms with Gasteiger partial charge in [0.15, 0.2) is 19.8 Å². The number of aromatic amines is 3. The van der Waals surface area contributed by atoms with Crippen LogP contribution in [0.15, 0.2) is 18.2 Å². The molecular weight excluding hydrogens is 360 g/mol. The van der Waals surface area contributed by atoms with E-state index in [1.807, 2.05) is 0 Å². The van der Waals surface area contributed by atoms with Gasteiger partial charge in [-0.3, -0.25) is 0 Å². The Labute approximate surface area is 149 Å². The van der Waals surface area contributed by atoms with E-state index in [1.165, 1.54) is 0 Å². The quantitative estimate of drug-likeness (QED) is 0.324. The molecule has 3 heterocycles. The molecule has 0 radical (unpaired) electrons. The highest BCUT2D eigenvalue weighted by atomic mass is 16.5. The van der Waals surface area contributed by atoms with Crippen molar-refractivity contribution >= 4 is 0 Å². The number of benzene rings is 1. The van der Waals surface area contributed by atoms with E-state index in [9.17, 15) is 0 Å². The third-order valence-electron chi connectivity index (χ3n) is 3.12. The van der Waals surface area contributed by atoms with Crippen molar-refractivity contribution in [3.63, 3.8) is 0 Å². The molecule has 0 bridgehead atoms. The minimum atomic E-state index is 0.120. The third-order valence-corrected chi connectivity index (χ3v) is 3.12. The van der Waals surface area contributed by atoms with E-state index in [2.05, 4.69) is 61.9 Å². The number of tetrazole rings is 3. The van der Waals surface area contributed by atoms with E-state index in [1.54, 1.807) is 18.2 Å². The van der Waals surface area contributed by atoms with Gasteiger partial charge in [0, 0.05) is 18.2 Å². The molecule has 15 heteroatoms. The summed E-state index contributed by atoms with van der Waals surface area (Å²) in [6, 6.07) is 5.05. The molecule has 27 heavy (non-hydrogen) atoms. The number of ether oxygens (including phenoxy) is 3. The monoisotopic (exact) mass is 372 g/mol. The summed E-state index contributed by atoms with van der Waals surface area (Å²) in [7, 11) is 0. The van der Waals surface area contributed by atoms with Gasteiger partial charge in [-0.2, -0.15) is 15.6 Å². The molecule has 0 saturated heterocycles. The molecule has 3 aromatic heterocycles. The van der Waals surface area contributed by atoms with Crippen molar-refractivity contribution in [2.24, 2.45) is 0 Å². The molecule has 1 aromatic carbocycles. The molecule has 0 aliphatic rings. The second kappa shape index (κ2) is 7.81. The molecular formula is C12H12N12O3. The largest absolute Gasteiger partial charge is 0.485 e. The Bertz CT molecular complexity index is 804. The maximum absolute atomic E-state index is 5.66. The summed E-state index contributed by atoms with van der Waals surface area (Å²) < 4.78 is 17.0. The fraction of sp³-hybridized carbons (Fsp3) is 0.250. The van der Waals surface area contributed by atoms with Crippen LogP contribution in [-0.4, -0.2) is 61.9 Å². The number of rotatable bonds is 9. The van der Waals surface area contributed by atoms with E-state index in [0.29, 0.717) is 34.7 Å². The maximum Gasteiger partial charge on any atom is 0.211 e. The van der Waals surface area contributed by atoms with E-state index in [4.69, 9.17) is 14.2 Å². The summed E-state index contributed by atoms with van der Waals surface area (Å²) in [4.78, 5) is 0. The highest BCUT2D eigenvalue weighted by Crippen LogP contribution is 2.29. The zero-order chi connectivity index (χ0) is 18.3. The number of hydrogen-bond donors (Lipinski definition) is 3. The molecule has 15 nitrogen and oxygen atoms in total. The fourth-order valence-corrected chi connectivity index (χ4v) is 1.97. The second-order valence-electron chi connectivity index (χ2n) is 4.99. The molecule has 0 aliphatic heterocycles. The molecule has 4 rings (SSSR count). The normalized spacial score (nSPS) is 10.7. The predicted molar refractivity (Wildman–Crippen MR) is 82.0 cm³/mol. The first-order chi connectivity index (χ1) is 13.3. The van der Waals surface area contributed by atoms with Crippen molar-refractivity contribution in [2.45, 2.75) is 19.8 Å². The fourth-order valence-electron chi connectivity index (χ4n) is 1.97. The van der Waals surface area contributed by atoms with Crippen LogP contribution in [0.5, 0.6) is 17.2 Å². The molecule has 0 atom stereocenters. The minimum absolute atomic E-state index is 0.120. The average Bonchev–Trinajstić information content (AvgIpc) is 3.46. The van der Waals surface area contributed by atoms with Gasteiger partial charge in [0.25, 0.3) is 0 Å². The van der Waals surface area contributed by atoms with Gasteiger partial charge in [-0.1, -0.05) is 15.6 Å². The lowest BCUT2D eigenvalue weighted by Crippen LogP contribution is -2.02. The van der Waals surface area contributed by atoms with Crippen LogP contribution in [0.25, 0.3) is 0 Å². The van der Waals surface area contributed by atoms with Gasteiger partial charge in [-0.05, 0) is 0 Å². The second-order valence-corrected chi connectivity index (χ2v) is 4.99. The molecule has 0 saturated carbocycles. The first kappa shape index (κ1) is 16.3. The average molecular weight is 372 g/mol. The van der Waals surface area contributed by atoms with Crippen molar-refractivity contribution in [1.82, 2.24) is 61.9 Å². The number of nitrogens with zero attached hydrogens (tertiary/aromatic N) is 9. The number of H-pyrrole nitrogens is 3. The van der Waals surface area contributed by atoms with Gasteiger partial charge >= 0.3 is 0 Å². The Kier molecular flexibility index (Phi) is 4.72. The van der Waals surface area contributed by atoms with Gasteiger partial charge in [0.05, 0.1) is 0 Å². The lowest BCUT2D eigenvalue weighted by atomic mass is 10.3. The van der Waals surface area contributed by atoms with Crippen molar-refractivity contribution in [2.75, 3.05) is 0 Å². The molecule has 3 N–H and O–H groups in total. The van der Waals surface area contributed by atoms with Crippen LogP contribution in [-0.2, 0) is 19.8 Å². The van der Waals surface area contributed by atoms with E-state index >= 15 is 0 Å². The zero-order valence-corrected chi connectivity index (χ0v) is 13.6. The Morgan fingerprint density at radius 2 is 0.889 bits per heavy atom. The van der Waals surface area contributed by atoms with Gasteiger partial charge < -0.3 is 14.2 Å². The van der Waals surface area contributed by atoms with Crippen molar-refractivity contribution in [1.29, 1.82) is 0 Å². The van der Waals surface area contributed by atoms with Crippen LogP contribution in [0.3, 0.4) is 0 Å². The van der Waals surface area contributed by atoms with Crippen LogP contribution in [0.1, 0.15) is 17.5 Å². The minimum Gasteiger partial charge on any atom is -0.485 e. The van der Waals surface area contributed by atoms with Crippen LogP contribution in [0.2, 0.25) is 0 Å². The SMILES string of the molecule is c1c(OCc2nn[nH]n2)cc(OCc2nn[nH]n2)cc1OCc1nn[nH]n1. The van der Waals surface area contributed by atoms with E-state index < -0.39 is 0 Å². The van der Waals surface area contributed by atoms with Gasteiger partial charge in [0.1, 0.15) is 17.2 Å². The maximum atomic E-state index is 5.66. The zero-order valence-electron chi connectivity index (χ0n) is 13.6. The molecule has 0 unspecified atom stereocenters. The number of aromatic nitrogens is 12. The lowest BCUT2D eigenvalue weighted by Gasteiger charge is -2.11. The van der Waals surface area contributed by atoms with Crippen LogP contribution >= 0.6 is 0 Å². The van der Waals surface area contributed by atoms with Crippen molar-refractivity contribution in [3.8, 4) is 17.2 Å². The van der Waals surface area contributed by atoms with Crippen molar-refractivity contribution in [3.05, 3.63) is 35.7 Å². The summed E-state index contributed by atoms with van der Waals surface area (Å²) in [6.07, 6.45) is 0. The van der Waals surface area contributed by atoms with E-state index in [0.717, 1.165) is 0 Å². The molecule has 0 aliphatic carbocycles. The summed E-state index contributed by atoms with van der Waals surface area (Å²) in [5.74, 6) is 2.66. The smallest absolute Gasteiger partial charge is 0.211 e. The third kappa shape index (κ3) is 4.47. The van der Waals surface area contributed by atoms with Crippen LogP contribution in [0.4, 0.5) is 0 Å². The van der Waals surface area contributed by atoms with Crippen LogP contribution in [0, 0.1) is 0 Å². The standard InChI is InChI=1S/C12H12N12O3/c1-7(25-4-10-13-19-20-14-10)2-9(27-6-12-17-23-24-18-12)3-8(1)26-5-11-15-21-22-16-11/h1-3H,4-6H2,(H,13,14,19,20)(H,15,16,21,22)(H,17,18,23,24). The summed E-state index contributed by atoms with van der Waals surface area (Å²) >= 11 is 0.